The number of halogens is 3. The number of carbonyl (C=O) groups excluding carboxylic acids is 2. The second-order valence-electron chi connectivity index (χ2n) is 4.62. The zero-order valence-corrected chi connectivity index (χ0v) is 14.0. The van der Waals surface area contributed by atoms with Crippen LogP contribution in [0.4, 0.5) is 5.69 Å². The van der Waals surface area contributed by atoms with Crippen LogP contribution in [0.5, 0.6) is 0 Å². The number of benzene rings is 1. The molecule has 1 amide bonds. The van der Waals surface area contributed by atoms with E-state index in [1.165, 1.54) is 43.1 Å². The van der Waals surface area contributed by atoms with Gasteiger partial charge in [-0.2, -0.15) is 0 Å². The Morgan fingerprint density at radius 1 is 1.27 bits per heavy atom. The van der Waals surface area contributed by atoms with E-state index < -0.39 is 14.8 Å². The third-order valence-corrected chi connectivity index (χ3v) is 3.88. The molecule has 0 bridgehead atoms. The van der Waals surface area contributed by atoms with Gasteiger partial charge in [0.25, 0.3) is 5.69 Å². The molecule has 0 saturated heterocycles. The minimum absolute atomic E-state index is 0.129. The van der Waals surface area contributed by atoms with Crippen LogP contribution in [0.3, 0.4) is 0 Å². The Morgan fingerprint density at radius 3 is 2.14 bits per heavy atom. The molecule has 0 heterocycles. The maximum absolute atomic E-state index is 12.2. The number of non-ortho nitro benzene ring substituents is 1. The Labute approximate surface area is 142 Å². The molecule has 0 aliphatic rings. The lowest BCUT2D eigenvalue weighted by Crippen LogP contribution is -2.45. The van der Waals surface area contributed by atoms with E-state index in [1.54, 1.807) is 0 Å². The summed E-state index contributed by atoms with van der Waals surface area (Å²) in [5.41, 5.74) is 0.108. The molecule has 0 unspecified atom stereocenters. The molecule has 120 valence electrons. The average molecular weight is 368 g/mol. The summed E-state index contributed by atoms with van der Waals surface area (Å²) in [5.74, 6) is -0.743. The van der Waals surface area contributed by atoms with Gasteiger partial charge >= 0.3 is 0 Å². The van der Waals surface area contributed by atoms with E-state index in [1.807, 2.05) is 0 Å². The van der Waals surface area contributed by atoms with Gasteiger partial charge in [-0.15, -0.1) is 0 Å². The van der Waals surface area contributed by atoms with Crippen LogP contribution in [0.15, 0.2) is 24.3 Å². The van der Waals surface area contributed by atoms with Gasteiger partial charge in [-0.1, -0.05) is 34.8 Å². The van der Waals surface area contributed by atoms with Crippen LogP contribution in [0.1, 0.15) is 23.7 Å². The number of rotatable bonds is 5. The van der Waals surface area contributed by atoms with Crippen LogP contribution in [-0.2, 0) is 4.79 Å². The minimum Gasteiger partial charge on any atom is -0.338 e. The lowest BCUT2D eigenvalue weighted by atomic mass is 10.0. The Balaban J connectivity index is 2.96. The molecule has 0 N–H and O–H groups in total. The Hall–Kier alpha value is -1.37. The van der Waals surface area contributed by atoms with Crippen molar-refractivity contribution in [2.24, 2.45) is 0 Å². The predicted molar refractivity (Wildman–Crippen MR) is 84.6 cm³/mol. The normalized spacial score (nSPS) is 12.6. The Kier molecular flexibility index (Phi) is 6.17. The van der Waals surface area contributed by atoms with Crippen molar-refractivity contribution in [2.75, 3.05) is 7.05 Å². The maximum Gasteiger partial charge on any atom is 0.269 e. The molecule has 6 nitrogen and oxygen atoms in total. The van der Waals surface area contributed by atoms with E-state index in [0.29, 0.717) is 0 Å². The molecule has 0 aromatic heterocycles. The monoisotopic (exact) mass is 366 g/mol. The average Bonchev–Trinajstić information content (AvgIpc) is 2.42. The fraction of sp³-hybridized carbons (Fsp3) is 0.385. The van der Waals surface area contributed by atoms with E-state index >= 15 is 0 Å². The van der Waals surface area contributed by atoms with Gasteiger partial charge < -0.3 is 4.90 Å². The number of nitro benzene ring substituents is 1. The van der Waals surface area contributed by atoms with Gasteiger partial charge in [0.1, 0.15) is 0 Å². The topological polar surface area (TPSA) is 80.5 Å². The fourth-order valence-electron chi connectivity index (χ4n) is 1.75. The SMILES string of the molecule is CC(=O)N(C)[C@@H](CC(=O)c1ccc([N+](=O)[O-])cc1)C(Cl)(Cl)Cl. The third-order valence-electron chi connectivity index (χ3n) is 3.12. The largest absolute Gasteiger partial charge is 0.338 e. The van der Waals surface area contributed by atoms with Crippen molar-refractivity contribution in [3.63, 3.8) is 0 Å². The van der Waals surface area contributed by atoms with Gasteiger partial charge in [0.05, 0.1) is 11.0 Å². The van der Waals surface area contributed by atoms with Crippen molar-refractivity contribution in [3.8, 4) is 0 Å². The molecule has 9 heteroatoms. The van der Waals surface area contributed by atoms with Crippen molar-refractivity contribution in [2.45, 2.75) is 23.2 Å². The van der Waals surface area contributed by atoms with Gasteiger partial charge in [0, 0.05) is 38.1 Å². The number of nitrogens with zero attached hydrogens (tertiary/aromatic N) is 2. The first-order chi connectivity index (χ1) is 10.0. The second kappa shape index (κ2) is 7.26. The molecule has 0 radical (unpaired) electrons. The zero-order valence-electron chi connectivity index (χ0n) is 11.8. The summed E-state index contributed by atoms with van der Waals surface area (Å²) in [6, 6.07) is 4.13. The summed E-state index contributed by atoms with van der Waals surface area (Å²) in [4.78, 5) is 34.8. The maximum atomic E-state index is 12.2. The van der Waals surface area contributed by atoms with Gasteiger partial charge in [-0.05, 0) is 12.1 Å². The number of hydrogen-bond donors (Lipinski definition) is 0. The summed E-state index contributed by atoms with van der Waals surface area (Å²) in [5, 5.41) is 10.6. The highest BCUT2D eigenvalue weighted by Gasteiger charge is 2.38. The zero-order chi connectivity index (χ0) is 17.1. The van der Waals surface area contributed by atoms with Gasteiger partial charge in [0.15, 0.2) is 5.78 Å². The number of carbonyl (C=O) groups is 2. The van der Waals surface area contributed by atoms with Crippen molar-refractivity contribution in [1.82, 2.24) is 4.90 Å². The number of Topliss-reactive ketones (excluding diaryl/α,β-unsaturated/α-hetero) is 1. The molecule has 0 fully saturated rings. The van der Waals surface area contributed by atoms with Crippen LogP contribution >= 0.6 is 34.8 Å². The van der Waals surface area contributed by atoms with E-state index in [2.05, 4.69) is 0 Å². The molecule has 1 aromatic carbocycles. The molecule has 0 aliphatic heterocycles. The Bertz CT molecular complexity index is 584. The molecular weight excluding hydrogens is 355 g/mol. The molecule has 1 atom stereocenters. The van der Waals surface area contributed by atoms with E-state index in [9.17, 15) is 19.7 Å². The van der Waals surface area contributed by atoms with Crippen LogP contribution in [0.2, 0.25) is 0 Å². The smallest absolute Gasteiger partial charge is 0.269 e. The number of hydrogen-bond acceptors (Lipinski definition) is 4. The first-order valence-corrected chi connectivity index (χ1v) is 7.25. The molecule has 0 aliphatic carbocycles. The van der Waals surface area contributed by atoms with Gasteiger partial charge in [-0.25, -0.2) is 0 Å². The summed E-state index contributed by atoms with van der Waals surface area (Å²) < 4.78 is -1.84. The van der Waals surface area contributed by atoms with E-state index in [-0.39, 0.29) is 29.4 Å². The molecule has 1 rings (SSSR count). The highest BCUT2D eigenvalue weighted by molar-refractivity contribution is 6.68. The summed E-state index contributed by atoms with van der Waals surface area (Å²) in [6.07, 6.45) is -0.218. The summed E-state index contributed by atoms with van der Waals surface area (Å²) >= 11 is 17.5. The molecule has 0 saturated carbocycles. The van der Waals surface area contributed by atoms with Gasteiger partial charge in [0.2, 0.25) is 9.70 Å². The standard InChI is InChI=1S/C13H13Cl3N2O4/c1-8(19)17(2)12(13(14,15)16)7-11(20)9-3-5-10(6-4-9)18(21)22/h3-6,12H,7H2,1-2H3/t12-/m0/s1. The number of nitro groups is 1. The lowest BCUT2D eigenvalue weighted by molar-refractivity contribution is -0.384. The fourth-order valence-corrected chi connectivity index (χ4v) is 2.42. The van der Waals surface area contributed by atoms with Crippen molar-refractivity contribution in [3.05, 3.63) is 39.9 Å². The van der Waals surface area contributed by atoms with Crippen molar-refractivity contribution < 1.29 is 14.5 Å². The minimum atomic E-state index is -1.84. The van der Waals surface area contributed by atoms with E-state index in [0.717, 1.165) is 0 Å². The Morgan fingerprint density at radius 2 is 1.77 bits per heavy atom. The summed E-state index contributed by atoms with van der Waals surface area (Å²) in [7, 11) is 1.43. The van der Waals surface area contributed by atoms with Gasteiger partial charge in [-0.3, -0.25) is 19.7 Å². The molecule has 1 aromatic rings. The first kappa shape index (κ1) is 18.7. The lowest BCUT2D eigenvalue weighted by Gasteiger charge is -2.32. The van der Waals surface area contributed by atoms with E-state index in [4.69, 9.17) is 34.8 Å². The second-order valence-corrected chi connectivity index (χ2v) is 6.99. The third kappa shape index (κ3) is 4.83. The van der Waals surface area contributed by atoms with Crippen molar-refractivity contribution in [1.29, 1.82) is 0 Å². The first-order valence-electron chi connectivity index (χ1n) is 6.11. The van der Waals surface area contributed by atoms with Crippen LogP contribution in [0.25, 0.3) is 0 Å². The quantitative estimate of drug-likeness (QED) is 0.346. The molecule has 0 spiro atoms. The van der Waals surface area contributed by atoms with Crippen molar-refractivity contribution >= 4 is 52.2 Å². The number of alkyl halides is 3. The van der Waals surface area contributed by atoms with Crippen LogP contribution < -0.4 is 0 Å². The number of amides is 1. The highest BCUT2D eigenvalue weighted by atomic mass is 35.6. The predicted octanol–water partition coefficient (Wildman–Crippen LogP) is 3.38. The molecule has 22 heavy (non-hydrogen) atoms. The summed E-state index contributed by atoms with van der Waals surface area (Å²) in [6.45, 7) is 1.29. The van der Waals surface area contributed by atoms with Crippen LogP contribution in [0, 0.1) is 10.1 Å². The molecular formula is C13H13Cl3N2O4. The number of ketones is 1. The van der Waals surface area contributed by atoms with Crippen LogP contribution in [-0.4, -0.2) is 38.4 Å². The highest BCUT2D eigenvalue weighted by Crippen LogP contribution is 2.35.